The van der Waals surface area contributed by atoms with Gasteiger partial charge in [-0.05, 0) is 36.8 Å². The maximum atomic E-state index is 11.5. The highest BCUT2D eigenvalue weighted by atomic mass is 16.1. The molecule has 0 bridgehead atoms. The fourth-order valence-electron chi connectivity index (χ4n) is 2.40. The Morgan fingerprint density at radius 2 is 2.05 bits per heavy atom. The van der Waals surface area contributed by atoms with Gasteiger partial charge in [-0.3, -0.25) is 14.6 Å². The summed E-state index contributed by atoms with van der Waals surface area (Å²) in [5, 5.41) is 0.910. The van der Waals surface area contributed by atoms with Crippen LogP contribution < -0.4 is 11.3 Å². The largest absolute Gasteiger partial charge is 0.366 e. The number of hydrogen-bond acceptors (Lipinski definition) is 3. The van der Waals surface area contributed by atoms with Crippen molar-refractivity contribution in [3.63, 3.8) is 0 Å². The van der Waals surface area contributed by atoms with Crippen LogP contribution in [0.4, 0.5) is 0 Å². The number of aromatic nitrogens is 2. The minimum absolute atomic E-state index is 0.136. The van der Waals surface area contributed by atoms with Gasteiger partial charge in [-0.1, -0.05) is 6.07 Å². The van der Waals surface area contributed by atoms with Crippen molar-refractivity contribution in [2.45, 2.75) is 6.92 Å². The number of nitrogens with one attached hydrogen (secondary N) is 1. The minimum Gasteiger partial charge on any atom is -0.366 e. The van der Waals surface area contributed by atoms with Crippen LogP contribution >= 0.6 is 0 Å². The second-order valence-corrected chi connectivity index (χ2v) is 4.84. The molecule has 5 nitrogen and oxygen atoms in total. The number of rotatable bonds is 2. The first kappa shape index (κ1) is 13.1. The quantitative estimate of drug-likeness (QED) is 0.751. The van der Waals surface area contributed by atoms with Crippen molar-refractivity contribution in [3.05, 3.63) is 64.1 Å². The number of benzene rings is 1. The van der Waals surface area contributed by atoms with Gasteiger partial charge in [-0.25, -0.2) is 0 Å². The highest BCUT2D eigenvalue weighted by Crippen LogP contribution is 2.25. The number of fused-ring (bicyclic) bond motifs is 1. The summed E-state index contributed by atoms with van der Waals surface area (Å²) >= 11 is 0. The summed E-state index contributed by atoms with van der Waals surface area (Å²) < 4.78 is 0. The van der Waals surface area contributed by atoms with Crippen molar-refractivity contribution in [1.82, 2.24) is 9.97 Å². The third kappa shape index (κ3) is 2.29. The van der Waals surface area contributed by atoms with Gasteiger partial charge in [0.2, 0.25) is 5.56 Å². The zero-order valence-electron chi connectivity index (χ0n) is 11.4. The summed E-state index contributed by atoms with van der Waals surface area (Å²) in [5.41, 5.74) is 8.57. The van der Waals surface area contributed by atoms with Crippen LogP contribution in [0.2, 0.25) is 0 Å². The van der Waals surface area contributed by atoms with Crippen LogP contribution in [0.1, 0.15) is 15.9 Å². The van der Waals surface area contributed by atoms with Crippen LogP contribution in [0.3, 0.4) is 0 Å². The molecule has 1 aromatic carbocycles. The van der Waals surface area contributed by atoms with Gasteiger partial charge in [0, 0.05) is 28.7 Å². The lowest BCUT2D eigenvalue weighted by Crippen LogP contribution is -2.13. The van der Waals surface area contributed by atoms with Crippen LogP contribution in [-0.2, 0) is 0 Å². The Balaban J connectivity index is 2.27. The number of carbonyl (C=O) groups is 1. The molecule has 1 amide bonds. The van der Waals surface area contributed by atoms with Crippen LogP contribution in [-0.4, -0.2) is 15.9 Å². The standard InChI is InChI=1S/C16H13N3O2/c1-9-7-14(20)19-13-5-4-10(8-12(9)13)15-11(16(17)21)3-2-6-18-15/h2-8H,1H3,(H2,17,21)(H,19,20). The van der Waals surface area contributed by atoms with E-state index >= 15 is 0 Å². The first-order valence-electron chi connectivity index (χ1n) is 6.45. The molecule has 21 heavy (non-hydrogen) atoms. The highest BCUT2D eigenvalue weighted by Gasteiger charge is 2.11. The van der Waals surface area contributed by atoms with Crippen molar-refractivity contribution in [2.75, 3.05) is 0 Å². The Morgan fingerprint density at radius 3 is 2.81 bits per heavy atom. The lowest BCUT2D eigenvalue weighted by Gasteiger charge is -2.08. The van der Waals surface area contributed by atoms with Gasteiger partial charge < -0.3 is 10.7 Å². The van der Waals surface area contributed by atoms with Crippen molar-refractivity contribution >= 4 is 16.8 Å². The van der Waals surface area contributed by atoms with Crippen molar-refractivity contribution in [1.29, 1.82) is 0 Å². The monoisotopic (exact) mass is 279 g/mol. The predicted octanol–water partition coefficient (Wildman–Crippen LogP) is 2.00. The average Bonchev–Trinajstić information content (AvgIpc) is 2.47. The van der Waals surface area contributed by atoms with E-state index in [1.807, 2.05) is 19.1 Å². The van der Waals surface area contributed by atoms with Gasteiger partial charge in [0.25, 0.3) is 5.91 Å². The lowest BCUT2D eigenvalue weighted by atomic mass is 10.0. The number of H-pyrrole nitrogens is 1. The molecule has 0 atom stereocenters. The fourth-order valence-corrected chi connectivity index (χ4v) is 2.40. The van der Waals surface area contributed by atoms with Crippen LogP contribution in [0.5, 0.6) is 0 Å². The van der Waals surface area contributed by atoms with Crippen LogP contribution in [0.15, 0.2) is 47.4 Å². The Labute approximate surface area is 120 Å². The van der Waals surface area contributed by atoms with Gasteiger partial charge >= 0.3 is 0 Å². The highest BCUT2D eigenvalue weighted by molar-refractivity contribution is 5.99. The SMILES string of the molecule is Cc1cc(=O)[nH]c2ccc(-c3ncccc3C(N)=O)cc12. The summed E-state index contributed by atoms with van der Waals surface area (Å²) in [6.45, 7) is 1.87. The number of hydrogen-bond donors (Lipinski definition) is 2. The number of pyridine rings is 2. The van der Waals surface area contributed by atoms with Gasteiger partial charge in [-0.15, -0.1) is 0 Å². The summed E-state index contributed by atoms with van der Waals surface area (Å²) in [6, 6.07) is 10.4. The Bertz CT molecular complexity index is 913. The molecule has 0 aliphatic heterocycles. The van der Waals surface area contributed by atoms with Crippen molar-refractivity contribution in [2.24, 2.45) is 5.73 Å². The Morgan fingerprint density at radius 1 is 1.24 bits per heavy atom. The molecule has 0 radical (unpaired) electrons. The third-order valence-electron chi connectivity index (χ3n) is 3.40. The van der Waals surface area contributed by atoms with Crippen molar-refractivity contribution in [3.8, 4) is 11.3 Å². The Kier molecular flexibility index (Phi) is 3.02. The summed E-state index contributed by atoms with van der Waals surface area (Å²) in [5.74, 6) is -0.517. The van der Waals surface area contributed by atoms with Crippen molar-refractivity contribution < 1.29 is 4.79 Å². The summed E-state index contributed by atoms with van der Waals surface area (Å²) in [4.78, 5) is 30.0. The molecule has 0 aliphatic carbocycles. The number of nitrogens with zero attached hydrogens (tertiary/aromatic N) is 1. The number of aromatic amines is 1. The fraction of sp³-hybridized carbons (Fsp3) is 0.0625. The second-order valence-electron chi connectivity index (χ2n) is 4.84. The maximum Gasteiger partial charge on any atom is 0.250 e. The smallest absolute Gasteiger partial charge is 0.250 e. The number of nitrogens with two attached hydrogens (primary N) is 1. The topological polar surface area (TPSA) is 88.8 Å². The third-order valence-corrected chi connectivity index (χ3v) is 3.40. The van der Waals surface area contributed by atoms with Gasteiger partial charge in [0.05, 0.1) is 11.3 Å². The summed E-state index contributed by atoms with van der Waals surface area (Å²) in [6.07, 6.45) is 1.62. The maximum absolute atomic E-state index is 11.5. The van der Waals surface area contributed by atoms with E-state index in [0.29, 0.717) is 11.3 Å². The molecule has 2 heterocycles. The molecular formula is C16H13N3O2. The summed E-state index contributed by atoms with van der Waals surface area (Å²) in [7, 11) is 0. The zero-order chi connectivity index (χ0) is 15.0. The van der Waals surface area contributed by atoms with Crippen LogP contribution in [0.25, 0.3) is 22.2 Å². The molecular weight excluding hydrogens is 266 g/mol. The molecule has 0 unspecified atom stereocenters. The molecule has 0 fully saturated rings. The first-order valence-corrected chi connectivity index (χ1v) is 6.45. The average molecular weight is 279 g/mol. The lowest BCUT2D eigenvalue weighted by molar-refractivity contribution is 0.100. The minimum atomic E-state index is -0.517. The number of primary amides is 1. The molecule has 3 rings (SSSR count). The predicted molar refractivity (Wildman–Crippen MR) is 81.1 cm³/mol. The van der Waals surface area contributed by atoms with E-state index in [1.165, 1.54) is 0 Å². The van der Waals surface area contributed by atoms with E-state index < -0.39 is 5.91 Å². The molecule has 0 saturated carbocycles. The molecule has 2 aromatic heterocycles. The molecule has 5 heteroatoms. The number of aryl methyl sites for hydroxylation is 1. The molecule has 0 spiro atoms. The van der Waals surface area contributed by atoms with Gasteiger partial charge in [0.15, 0.2) is 0 Å². The van der Waals surface area contributed by atoms with Gasteiger partial charge in [0.1, 0.15) is 0 Å². The van der Waals surface area contributed by atoms with E-state index in [4.69, 9.17) is 5.73 Å². The molecule has 0 saturated heterocycles. The van der Waals surface area contributed by atoms with E-state index in [1.54, 1.807) is 30.5 Å². The van der Waals surface area contributed by atoms with E-state index in [2.05, 4.69) is 9.97 Å². The molecule has 3 N–H and O–H groups in total. The Hall–Kier alpha value is -2.95. The normalized spacial score (nSPS) is 10.7. The molecule has 3 aromatic rings. The first-order chi connectivity index (χ1) is 10.1. The van der Waals surface area contributed by atoms with E-state index in [0.717, 1.165) is 22.0 Å². The number of amides is 1. The van der Waals surface area contributed by atoms with E-state index in [-0.39, 0.29) is 5.56 Å². The molecule has 104 valence electrons. The second kappa shape index (κ2) is 4.86. The van der Waals surface area contributed by atoms with Crippen LogP contribution in [0, 0.1) is 6.92 Å². The van der Waals surface area contributed by atoms with Gasteiger partial charge in [-0.2, -0.15) is 0 Å². The molecule has 0 aliphatic rings. The number of carbonyl (C=O) groups excluding carboxylic acids is 1. The zero-order valence-corrected chi connectivity index (χ0v) is 11.4. The van der Waals surface area contributed by atoms with E-state index in [9.17, 15) is 9.59 Å².